The number of piperidine rings is 1. The van der Waals surface area contributed by atoms with Gasteiger partial charge in [-0.2, -0.15) is 0 Å². The van der Waals surface area contributed by atoms with Crippen LogP contribution in [0.1, 0.15) is 49.7 Å². The highest BCUT2D eigenvalue weighted by atomic mass is 79.9. The SMILES string of the molecule is CC(C)(C)OC(=O)NC1CCCN(c2ccncc2CC(=O)c2nc(Br)cnc2N)C1. The Morgan fingerprint density at radius 3 is 2.87 bits per heavy atom. The summed E-state index contributed by atoms with van der Waals surface area (Å²) in [5.74, 6) is -0.140. The second kappa shape index (κ2) is 9.59. The van der Waals surface area contributed by atoms with E-state index < -0.39 is 11.7 Å². The first-order valence-electron chi connectivity index (χ1n) is 10.1. The topological polar surface area (TPSA) is 123 Å². The summed E-state index contributed by atoms with van der Waals surface area (Å²) in [5.41, 5.74) is 7.10. The van der Waals surface area contributed by atoms with Crippen LogP contribution in [0.2, 0.25) is 0 Å². The lowest BCUT2D eigenvalue weighted by atomic mass is 10.0. The highest BCUT2D eigenvalue weighted by Gasteiger charge is 2.26. The standard InChI is InChI=1S/C21H27BrN6O3/c1-21(2,3)31-20(30)26-14-5-4-8-28(12-14)15-6-7-24-10-13(15)9-16(29)18-19(23)25-11-17(22)27-18/h6-7,10-11,14H,4-5,8-9,12H2,1-3H3,(H2,23,25)(H,26,30). The Morgan fingerprint density at radius 1 is 1.35 bits per heavy atom. The van der Waals surface area contributed by atoms with Gasteiger partial charge in [-0.3, -0.25) is 9.78 Å². The number of nitrogens with two attached hydrogens (primary N) is 1. The van der Waals surface area contributed by atoms with Crippen molar-refractivity contribution in [3.8, 4) is 0 Å². The van der Waals surface area contributed by atoms with Crippen molar-refractivity contribution in [2.75, 3.05) is 23.7 Å². The summed E-state index contributed by atoms with van der Waals surface area (Å²) >= 11 is 3.22. The van der Waals surface area contributed by atoms with E-state index in [1.807, 2.05) is 26.8 Å². The molecule has 1 saturated heterocycles. The van der Waals surface area contributed by atoms with Crippen molar-refractivity contribution in [3.63, 3.8) is 0 Å². The first-order chi connectivity index (χ1) is 14.6. The lowest BCUT2D eigenvalue weighted by molar-refractivity contribution is 0.0500. The molecule has 1 fully saturated rings. The summed E-state index contributed by atoms with van der Waals surface area (Å²) in [6.45, 7) is 6.94. The molecule has 1 aliphatic rings. The number of aromatic nitrogens is 3. The molecule has 0 radical (unpaired) electrons. The van der Waals surface area contributed by atoms with Gasteiger partial charge in [-0.15, -0.1) is 0 Å². The van der Waals surface area contributed by atoms with Crippen LogP contribution in [0.15, 0.2) is 29.3 Å². The van der Waals surface area contributed by atoms with Gasteiger partial charge in [-0.05, 0) is 55.6 Å². The second-order valence-electron chi connectivity index (χ2n) is 8.46. The maximum absolute atomic E-state index is 12.8. The third-order valence-electron chi connectivity index (χ3n) is 4.75. The van der Waals surface area contributed by atoms with E-state index >= 15 is 0 Å². The fraction of sp³-hybridized carbons (Fsp3) is 0.476. The monoisotopic (exact) mass is 490 g/mol. The van der Waals surface area contributed by atoms with Crippen molar-refractivity contribution in [2.45, 2.75) is 51.7 Å². The van der Waals surface area contributed by atoms with Crippen LogP contribution in [0.4, 0.5) is 16.3 Å². The normalized spacial score (nSPS) is 16.6. The number of amides is 1. The van der Waals surface area contributed by atoms with Crippen LogP contribution in [0.5, 0.6) is 0 Å². The Labute approximate surface area is 189 Å². The number of Topliss-reactive ketones (excluding diaryl/α,β-unsaturated/α-hetero) is 1. The molecule has 0 aliphatic carbocycles. The molecule has 166 valence electrons. The van der Waals surface area contributed by atoms with E-state index in [4.69, 9.17) is 10.5 Å². The Kier molecular flexibility index (Phi) is 7.09. The fourth-order valence-electron chi connectivity index (χ4n) is 3.49. The Morgan fingerprint density at radius 2 is 2.13 bits per heavy atom. The van der Waals surface area contributed by atoms with E-state index in [2.05, 4.69) is 41.1 Å². The minimum Gasteiger partial charge on any atom is -0.444 e. The van der Waals surface area contributed by atoms with Crippen molar-refractivity contribution in [1.29, 1.82) is 0 Å². The van der Waals surface area contributed by atoms with Crippen LogP contribution in [-0.4, -0.2) is 51.6 Å². The molecule has 1 amide bonds. The zero-order valence-corrected chi connectivity index (χ0v) is 19.5. The van der Waals surface area contributed by atoms with Gasteiger partial charge in [0.25, 0.3) is 0 Å². The number of anilines is 2. The summed E-state index contributed by atoms with van der Waals surface area (Å²) in [7, 11) is 0. The van der Waals surface area contributed by atoms with Gasteiger partial charge in [0.05, 0.1) is 6.20 Å². The van der Waals surface area contributed by atoms with Gasteiger partial charge in [-0.1, -0.05) is 0 Å². The molecule has 1 atom stereocenters. The van der Waals surface area contributed by atoms with Gasteiger partial charge in [-0.25, -0.2) is 14.8 Å². The van der Waals surface area contributed by atoms with Gasteiger partial charge >= 0.3 is 6.09 Å². The molecule has 0 spiro atoms. The first kappa shape index (κ1) is 22.9. The minimum absolute atomic E-state index is 0.0492. The lowest BCUT2D eigenvalue weighted by Gasteiger charge is -2.36. The summed E-state index contributed by atoms with van der Waals surface area (Å²) < 4.78 is 5.82. The number of alkyl carbamates (subject to hydrolysis) is 1. The molecule has 2 aromatic rings. The number of nitrogens with one attached hydrogen (secondary N) is 1. The van der Waals surface area contributed by atoms with Crippen molar-refractivity contribution in [3.05, 3.63) is 40.5 Å². The van der Waals surface area contributed by atoms with E-state index in [-0.39, 0.29) is 29.8 Å². The van der Waals surface area contributed by atoms with E-state index in [0.717, 1.165) is 30.6 Å². The molecule has 0 saturated carbocycles. The Hall–Kier alpha value is -2.75. The fourth-order valence-corrected chi connectivity index (χ4v) is 3.77. The molecular weight excluding hydrogens is 464 g/mol. The van der Waals surface area contributed by atoms with Crippen LogP contribution in [0.3, 0.4) is 0 Å². The third kappa shape index (κ3) is 6.36. The van der Waals surface area contributed by atoms with Gasteiger partial charge in [0.2, 0.25) is 0 Å². The Balaban J connectivity index is 1.73. The zero-order chi connectivity index (χ0) is 22.6. The number of pyridine rings is 1. The number of carbonyl (C=O) groups is 2. The van der Waals surface area contributed by atoms with E-state index in [9.17, 15) is 9.59 Å². The molecule has 2 aromatic heterocycles. The number of hydrogen-bond acceptors (Lipinski definition) is 8. The lowest BCUT2D eigenvalue weighted by Crippen LogP contribution is -2.49. The Bertz CT molecular complexity index is 962. The molecule has 9 nitrogen and oxygen atoms in total. The predicted octanol–water partition coefficient (Wildman–Crippen LogP) is 3.14. The van der Waals surface area contributed by atoms with Crippen LogP contribution < -0.4 is 16.0 Å². The molecule has 3 N–H and O–H groups in total. The van der Waals surface area contributed by atoms with E-state index in [0.29, 0.717) is 11.1 Å². The number of ketones is 1. The van der Waals surface area contributed by atoms with Crippen molar-refractivity contribution in [1.82, 2.24) is 20.3 Å². The third-order valence-corrected chi connectivity index (χ3v) is 5.13. The van der Waals surface area contributed by atoms with E-state index in [1.54, 1.807) is 12.4 Å². The van der Waals surface area contributed by atoms with Crippen LogP contribution in [0, 0.1) is 0 Å². The number of nitrogen functional groups attached to an aromatic ring is 1. The molecule has 1 aliphatic heterocycles. The number of ether oxygens (including phenoxy) is 1. The number of halogens is 1. The molecular formula is C21H27BrN6O3. The second-order valence-corrected chi connectivity index (χ2v) is 9.27. The molecule has 3 heterocycles. The first-order valence-corrected chi connectivity index (χ1v) is 10.9. The average molecular weight is 491 g/mol. The summed E-state index contributed by atoms with van der Waals surface area (Å²) in [6.07, 6.45) is 6.26. The molecule has 1 unspecified atom stereocenters. The number of nitrogens with zero attached hydrogens (tertiary/aromatic N) is 4. The molecule has 3 rings (SSSR count). The number of hydrogen-bond donors (Lipinski definition) is 2. The summed E-state index contributed by atoms with van der Waals surface area (Å²) in [4.78, 5) is 39.5. The zero-order valence-electron chi connectivity index (χ0n) is 17.9. The number of carbonyl (C=O) groups excluding carboxylic acids is 2. The number of rotatable bonds is 5. The summed E-state index contributed by atoms with van der Waals surface area (Å²) in [6, 6.07) is 1.83. The molecule has 0 bridgehead atoms. The molecule has 10 heteroatoms. The van der Waals surface area contributed by atoms with Crippen molar-refractivity contribution >= 4 is 39.3 Å². The van der Waals surface area contributed by atoms with Crippen LogP contribution >= 0.6 is 15.9 Å². The maximum atomic E-state index is 12.8. The van der Waals surface area contributed by atoms with Crippen molar-refractivity contribution in [2.24, 2.45) is 0 Å². The minimum atomic E-state index is -0.547. The van der Waals surface area contributed by atoms with Gasteiger partial charge in [0.15, 0.2) is 11.6 Å². The smallest absolute Gasteiger partial charge is 0.407 e. The highest BCUT2D eigenvalue weighted by Crippen LogP contribution is 2.25. The van der Waals surface area contributed by atoms with Gasteiger partial charge < -0.3 is 20.7 Å². The highest BCUT2D eigenvalue weighted by molar-refractivity contribution is 9.10. The summed E-state index contributed by atoms with van der Waals surface area (Å²) in [5, 5.41) is 2.95. The largest absolute Gasteiger partial charge is 0.444 e. The maximum Gasteiger partial charge on any atom is 0.407 e. The predicted molar refractivity (Wildman–Crippen MR) is 121 cm³/mol. The van der Waals surface area contributed by atoms with E-state index in [1.165, 1.54) is 6.20 Å². The quantitative estimate of drug-likeness (QED) is 0.612. The van der Waals surface area contributed by atoms with Crippen LogP contribution in [0.25, 0.3) is 0 Å². The van der Waals surface area contributed by atoms with Crippen molar-refractivity contribution < 1.29 is 14.3 Å². The average Bonchev–Trinajstić information content (AvgIpc) is 2.69. The van der Waals surface area contributed by atoms with Gasteiger partial charge in [0.1, 0.15) is 15.9 Å². The molecule has 0 aromatic carbocycles. The van der Waals surface area contributed by atoms with Crippen LogP contribution in [-0.2, 0) is 11.2 Å². The van der Waals surface area contributed by atoms with Gasteiger partial charge in [0, 0.05) is 49.2 Å². The molecule has 31 heavy (non-hydrogen) atoms.